The summed E-state index contributed by atoms with van der Waals surface area (Å²) in [4.78, 5) is 4.22. The molecule has 8 heteroatoms. The highest BCUT2D eigenvalue weighted by Crippen LogP contribution is 2.29. The average Bonchev–Trinajstić information content (AvgIpc) is 3.08. The molecule has 2 aromatic rings. The molecule has 0 amide bonds. The van der Waals surface area contributed by atoms with Gasteiger partial charge in [-0.05, 0) is 18.6 Å². The van der Waals surface area contributed by atoms with Crippen LogP contribution in [-0.4, -0.2) is 30.6 Å². The number of ether oxygens (including phenoxy) is 1. The van der Waals surface area contributed by atoms with Gasteiger partial charge in [0.05, 0.1) is 12.3 Å². The molecule has 0 aromatic carbocycles. The number of furan rings is 1. The van der Waals surface area contributed by atoms with E-state index in [1.165, 1.54) is 18.4 Å². The van der Waals surface area contributed by atoms with Crippen molar-refractivity contribution in [2.45, 2.75) is 23.7 Å². The maximum absolute atomic E-state index is 12.2. The molecule has 0 spiro atoms. The Kier molecular flexibility index (Phi) is 3.36. The summed E-state index contributed by atoms with van der Waals surface area (Å²) in [5.74, 6) is 0.703. The summed E-state index contributed by atoms with van der Waals surface area (Å²) in [7, 11) is -1.82. The fourth-order valence-corrected chi connectivity index (χ4v) is 3.49. The SMILES string of the molecule is Cn1ccnc1[C@H]1OCC[C@@H]1NS(=O)(=O)c1ccco1. The first-order chi connectivity index (χ1) is 9.58. The number of aryl methyl sites for hydroxylation is 1. The summed E-state index contributed by atoms with van der Waals surface area (Å²) in [6.45, 7) is 0.489. The molecule has 1 N–H and O–H groups in total. The molecule has 7 nitrogen and oxygen atoms in total. The van der Waals surface area contributed by atoms with Gasteiger partial charge in [0.1, 0.15) is 11.9 Å². The van der Waals surface area contributed by atoms with Crippen molar-refractivity contribution in [3.05, 3.63) is 36.6 Å². The molecule has 0 aliphatic carbocycles. The van der Waals surface area contributed by atoms with Gasteiger partial charge in [0, 0.05) is 26.0 Å². The van der Waals surface area contributed by atoms with Gasteiger partial charge < -0.3 is 13.7 Å². The van der Waals surface area contributed by atoms with E-state index in [1.807, 2.05) is 11.6 Å². The lowest BCUT2D eigenvalue weighted by atomic mass is 10.1. The van der Waals surface area contributed by atoms with E-state index in [0.29, 0.717) is 18.9 Å². The standard InChI is InChI=1S/C12H15N3O4S/c1-15-6-5-13-12(15)11-9(4-8-19-11)14-20(16,17)10-3-2-7-18-10/h2-3,5-7,9,11,14H,4,8H2,1H3/t9-,11-/m0/s1. The predicted octanol–water partition coefficient (Wildman–Crippen LogP) is 0.822. The largest absolute Gasteiger partial charge is 0.452 e. The van der Waals surface area contributed by atoms with E-state index in [2.05, 4.69) is 9.71 Å². The van der Waals surface area contributed by atoms with E-state index in [1.54, 1.807) is 12.4 Å². The Bertz CT molecular complexity index is 677. The van der Waals surface area contributed by atoms with Crippen LogP contribution in [0.2, 0.25) is 0 Å². The van der Waals surface area contributed by atoms with Gasteiger partial charge >= 0.3 is 0 Å². The van der Waals surface area contributed by atoms with Gasteiger partial charge in [0.25, 0.3) is 10.0 Å². The van der Waals surface area contributed by atoms with Crippen LogP contribution in [0.4, 0.5) is 0 Å². The Balaban J connectivity index is 1.82. The van der Waals surface area contributed by atoms with Crippen LogP contribution in [-0.2, 0) is 21.8 Å². The fraction of sp³-hybridized carbons (Fsp3) is 0.417. The molecule has 0 unspecified atom stereocenters. The Morgan fingerprint density at radius 1 is 1.50 bits per heavy atom. The van der Waals surface area contributed by atoms with E-state index >= 15 is 0 Å². The van der Waals surface area contributed by atoms with Crippen molar-refractivity contribution in [2.24, 2.45) is 7.05 Å². The first-order valence-corrected chi connectivity index (χ1v) is 7.71. The zero-order valence-corrected chi connectivity index (χ0v) is 11.7. The normalized spacial score (nSPS) is 23.2. The predicted molar refractivity (Wildman–Crippen MR) is 69.3 cm³/mol. The summed E-state index contributed by atoms with van der Waals surface area (Å²) in [5, 5.41) is -0.0945. The molecule has 1 aliphatic rings. The van der Waals surface area contributed by atoms with Gasteiger partial charge in [-0.1, -0.05) is 0 Å². The molecular weight excluding hydrogens is 282 g/mol. The maximum Gasteiger partial charge on any atom is 0.274 e. The quantitative estimate of drug-likeness (QED) is 0.903. The molecule has 0 radical (unpaired) electrons. The second-order valence-corrected chi connectivity index (χ2v) is 6.28. The highest BCUT2D eigenvalue weighted by atomic mass is 32.2. The van der Waals surface area contributed by atoms with Crippen molar-refractivity contribution >= 4 is 10.0 Å². The van der Waals surface area contributed by atoms with Crippen LogP contribution in [0.25, 0.3) is 0 Å². The van der Waals surface area contributed by atoms with E-state index in [0.717, 1.165) is 0 Å². The minimum Gasteiger partial charge on any atom is -0.452 e. The highest BCUT2D eigenvalue weighted by Gasteiger charge is 2.36. The summed E-state index contributed by atoms with van der Waals surface area (Å²) >= 11 is 0. The number of nitrogens with one attached hydrogen (secondary N) is 1. The van der Waals surface area contributed by atoms with Crippen molar-refractivity contribution in [3.8, 4) is 0 Å². The van der Waals surface area contributed by atoms with Crippen LogP contribution in [0.15, 0.2) is 40.3 Å². The van der Waals surface area contributed by atoms with Gasteiger partial charge in [0.2, 0.25) is 5.09 Å². The average molecular weight is 297 g/mol. The van der Waals surface area contributed by atoms with Crippen molar-refractivity contribution in [1.82, 2.24) is 14.3 Å². The molecule has 1 fully saturated rings. The van der Waals surface area contributed by atoms with E-state index < -0.39 is 10.0 Å². The van der Waals surface area contributed by atoms with Crippen LogP contribution < -0.4 is 4.72 Å². The van der Waals surface area contributed by atoms with Crippen LogP contribution in [0.5, 0.6) is 0 Å². The number of hydrogen-bond donors (Lipinski definition) is 1. The monoisotopic (exact) mass is 297 g/mol. The Labute approximate surface area is 116 Å². The molecule has 1 aliphatic heterocycles. The third-order valence-electron chi connectivity index (χ3n) is 3.27. The van der Waals surface area contributed by atoms with Gasteiger partial charge in [-0.2, -0.15) is 0 Å². The van der Waals surface area contributed by atoms with E-state index in [9.17, 15) is 8.42 Å². The summed E-state index contributed by atoms with van der Waals surface area (Å²) in [5.41, 5.74) is 0. The molecule has 108 valence electrons. The summed E-state index contributed by atoms with van der Waals surface area (Å²) in [6.07, 6.45) is 5.00. The van der Waals surface area contributed by atoms with Crippen molar-refractivity contribution in [1.29, 1.82) is 0 Å². The Morgan fingerprint density at radius 2 is 2.35 bits per heavy atom. The lowest BCUT2D eigenvalue weighted by Crippen LogP contribution is -2.37. The van der Waals surface area contributed by atoms with Crippen LogP contribution in [0, 0.1) is 0 Å². The van der Waals surface area contributed by atoms with E-state index in [-0.39, 0.29) is 17.2 Å². The first-order valence-electron chi connectivity index (χ1n) is 6.22. The maximum atomic E-state index is 12.2. The summed E-state index contributed by atoms with van der Waals surface area (Å²) in [6, 6.07) is 2.59. The molecule has 20 heavy (non-hydrogen) atoms. The molecule has 3 heterocycles. The van der Waals surface area contributed by atoms with Gasteiger partial charge in [-0.15, -0.1) is 0 Å². The minimum absolute atomic E-state index is 0.0945. The zero-order valence-electron chi connectivity index (χ0n) is 10.9. The molecular formula is C12H15N3O4S. The van der Waals surface area contributed by atoms with Gasteiger partial charge in [-0.25, -0.2) is 18.1 Å². The lowest BCUT2D eigenvalue weighted by Gasteiger charge is -2.18. The van der Waals surface area contributed by atoms with Gasteiger partial charge in [0.15, 0.2) is 0 Å². The first kappa shape index (κ1) is 13.3. The van der Waals surface area contributed by atoms with Crippen molar-refractivity contribution < 1.29 is 17.6 Å². The number of aromatic nitrogens is 2. The van der Waals surface area contributed by atoms with E-state index in [4.69, 9.17) is 9.15 Å². The highest BCUT2D eigenvalue weighted by molar-refractivity contribution is 7.89. The molecule has 0 saturated carbocycles. The molecule has 3 rings (SSSR count). The molecule has 2 aromatic heterocycles. The van der Waals surface area contributed by atoms with Crippen molar-refractivity contribution in [2.75, 3.05) is 6.61 Å². The lowest BCUT2D eigenvalue weighted by molar-refractivity contribution is 0.0932. The number of rotatable bonds is 4. The van der Waals surface area contributed by atoms with Crippen LogP contribution in [0.1, 0.15) is 18.3 Å². The summed E-state index contributed by atoms with van der Waals surface area (Å²) < 4.78 is 39.3. The number of imidazole rings is 1. The zero-order chi connectivity index (χ0) is 14.2. The third-order valence-corrected chi connectivity index (χ3v) is 4.65. The van der Waals surface area contributed by atoms with Crippen LogP contribution >= 0.6 is 0 Å². The minimum atomic E-state index is -3.67. The second-order valence-electron chi connectivity index (χ2n) is 4.64. The van der Waals surface area contributed by atoms with Gasteiger partial charge in [-0.3, -0.25) is 0 Å². The smallest absolute Gasteiger partial charge is 0.274 e. The van der Waals surface area contributed by atoms with Crippen LogP contribution in [0.3, 0.4) is 0 Å². The third kappa shape index (κ3) is 2.37. The molecule has 2 atom stereocenters. The van der Waals surface area contributed by atoms with Crippen molar-refractivity contribution in [3.63, 3.8) is 0 Å². The second kappa shape index (κ2) is 5.04. The number of sulfonamides is 1. The Hall–Kier alpha value is -1.64. The Morgan fingerprint density at radius 3 is 3.00 bits per heavy atom. The number of hydrogen-bond acceptors (Lipinski definition) is 5. The molecule has 1 saturated heterocycles. The molecule has 0 bridgehead atoms. The fourth-order valence-electron chi connectivity index (χ4n) is 2.29. The topological polar surface area (TPSA) is 86.4 Å². The number of nitrogens with zero attached hydrogens (tertiary/aromatic N) is 2.